The summed E-state index contributed by atoms with van der Waals surface area (Å²) in [7, 11) is -3.98. The van der Waals surface area contributed by atoms with E-state index in [4.69, 9.17) is 9.47 Å². The number of hydrogen-bond acceptors (Lipinski definition) is 8. The van der Waals surface area contributed by atoms with Gasteiger partial charge < -0.3 is 20.1 Å². The first-order valence-corrected chi connectivity index (χ1v) is 11.4. The van der Waals surface area contributed by atoms with Gasteiger partial charge >= 0.3 is 11.9 Å². The number of esters is 2. The van der Waals surface area contributed by atoms with Crippen LogP contribution in [0.15, 0.2) is 35.2 Å². The van der Waals surface area contributed by atoms with Crippen LogP contribution in [0.4, 0.5) is 0 Å². The maximum atomic E-state index is 12.5. The molecule has 0 saturated heterocycles. The number of carbonyl (C=O) groups is 3. The Morgan fingerprint density at radius 2 is 1.74 bits per heavy atom. The third kappa shape index (κ3) is 10.9. The van der Waals surface area contributed by atoms with E-state index in [0.29, 0.717) is 0 Å². The van der Waals surface area contributed by atoms with Crippen molar-refractivity contribution in [3.63, 3.8) is 0 Å². The van der Waals surface area contributed by atoms with Crippen molar-refractivity contribution in [3.05, 3.63) is 30.3 Å². The van der Waals surface area contributed by atoms with E-state index < -0.39 is 39.5 Å². The van der Waals surface area contributed by atoms with Crippen molar-refractivity contribution >= 4 is 27.9 Å². The number of hydrogen-bond donors (Lipinski definition) is 3. The average Bonchev–Trinajstić information content (AvgIpc) is 2.68. The van der Waals surface area contributed by atoms with Crippen LogP contribution in [-0.2, 0) is 33.9 Å². The predicted octanol–water partition coefficient (Wildman–Crippen LogP) is 0.334. The maximum Gasteiger partial charge on any atom is 0.326 e. The molecule has 0 heterocycles. The summed E-state index contributed by atoms with van der Waals surface area (Å²) in [4.78, 5) is 35.8. The molecule has 11 heteroatoms. The second-order valence-corrected chi connectivity index (χ2v) is 9.27. The van der Waals surface area contributed by atoms with Gasteiger partial charge in [0.2, 0.25) is 15.9 Å². The second kappa shape index (κ2) is 12.4. The van der Waals surface area contributed by atoms with E-state index in [1.54, 1.807) is 45.9 Å². The lowest BCUT2D eigenvalue weighted by atomic mass is 10.2. The van der Waals surface area contributed by atoms with E-state index in [2.05, 4.69) is 15.4 Å². The van der Waals surface area contributed by atoms with Gasteiger partial charge in [-0.25, -0.2) is 8.42 Å². The van der Waals surface area contributed by atoms with Gasteiger partial charge in [-0.2, -0.15) is 4.72 Å². The Labute approximate surface area is 183 Å². The molecule has 0 bridgehead atoms. The van der Waals surface area contributed by atoms with Crippen LogP contribution < -0.4 is 15.4 Å². The first-order chi connectivity index (χ1) is 14.4. The molecular formula is C20H31N3O7S. The summed E-state index contributed by atoms with van der Waals surface area (Å²) in [6, 6.07) is 6.27. The van der Waals surface area contributed by atoms with Crippen molar-refractivity contribution in [2.75, 3.05) is 26.2 Å². The van der Waals surface area contributed by atoms with E-state index >= 15 is 0 Å². The molecule has 0 aliphatic carbocycles. The fourth-order valence-corrected chi connectivity index (χ4v) is 3.55. The summed E-state index contributed by atoms with van der Waals surface area (Å²) in [5.41, 5.74) is -0.592. The maximum absolute atomic E-state index is 12.5. The van der Waals surface area contributed by atoms with Crippen molar-refractivity contribution in [2.24, 2.45) is 0 Å². The third-order valence-electron chi connectivity index (χ3n) is 3.64. The van der Waals surface area contributed by atoms with Gasteiger partial charge in [-0.05, 0) is 39.8 Å². The number of amides is 1. The molecular weight excluding hydrogens is 426 g/mol. The minimum Gasteiger partial charge on any atom is -0.465 e. The molecule has 31 heavy (non-hydrogen) atoms. The fraction of sp³-hybridized carbons (Fsp3) is 0.550. The number of benzene rings is 1. The highest BCUT2D eigenvalue weighted by atomic mass is 32.2. The van der Waals surface area contributed by atoms with E-state index in [0.717, 1.165) is 0 Å². The Balaban J connectivity index is 2.55. The van der Waals surface area contributed by atoms with Gasteiger partial charge in [-0.3, -0.25) is 14.4 Å². The zero-order valence-corrected chi connectivity index (χ0v) is 19.1. The van der Waals surface area contributed by atoms with E-state index in [1.807, 2.05) is 0 Å². The SMILES string of the molecule is CCOC(=O)[C@H](CNC(=O)CCNCC(=O)OC(C)(C)C)NS(=O)(=O)c1ccccc1. The predicted molar refractivity (Wildman–Crippen MR) is 114 cm³/mol. The van der Waals surface area contributed by atoms with Crippen LogP contribution in [0.25, 0.3) is 0 Å². The highest BCUT2D eigenvalue weighted by molar-refractivity contribution is 7.89. The molecule has 1 amide bonds. The first-order valence-electron chi connectivity index (χ1n) is 9.88. The third-order valence-corrected chi connectivity index (χ3v) is 5.13. The highest BCUT2D eigenvalue weighted by Gasteiger charge is 2.27. The molecule has 0 radical (unpaired) electrons. The zero-order valence-electron chi connectivity index (χ0n) is 18.3. The number of rotatable bonds is 12. The Kier molecular flexibility index (Phi) is 10.6. The molecule has 0 fully saturated rings. The zero-order chi connectivity index (χ0) is 23.5. The molecule has 10 nitrogen and oxygen atoms in total. The van der Waals surface area contributed by atoms with Crippen molar-refractivity contribution < 1.29 is 32.3 Å². The summed E-state index contributed by atoms with van der Waals surface area (Å²) < 4.78 is 37.3. The normalized spacial score (nSPS) is 12.6. The molecule has 1 rings (SSSR count). The topological polar surface area (TPSA) is 140 Å². The lowest BCUT2D eigenvalue weighted by Crippen LogP contribution is -2.49. The molecule has 3 N–H and O–H groups in total. The first kappa shape index (κ1) is 26.5. The molecule has 1 atom stereocenters. The summed E-state index contributed by atoms with van der Waals surface area (Å²) in [6.07, 6.45) is 0.0176. The molecule has 174 valence electrons. The van der Waals surface area contributed by atoms with Crippen LogP contribution in [0.5, 0.6) is 0 Å². The Bertz CT molecular complexity index is 836. The van der Waals surface area contributed by atoms with E-state index in [1.165, 1.54) is 12.1 Å². The molecule has 0 aromatic heterocycles. The monoisotopic (exact) mass is 457 g/mol. The van der Waals surface area contributed by atoms with Crippen LogP contribution in [0.3, 0.4) is 0 Å². The van der Waals surface area contributed by atoms with Gasteiger partial charge in [0.1, 0.15) is 11.6 Å². The minimum atomic E-state index is -3.98. The van der Waals surface area contributed by atoms with E-state index in [9.17, 15) is 22.8 Å². The molecule has 0 unspecified atom stereocenters. The summed E-state index contributed by atoms with van der Waals surface area (Å²) in [5.74, 6) is -1.67. The van der Waals surface area contributed by atoms with Crippen LogP contribution in [0.2, 0.25) is 0 Å². The number of carbonyl (C=O) groups excluding carboxylic acids is 3. The summed E-state index contributed by atoms with van der Waals surface area (Å²) in [6.45, 7) is 6.78. The lowest BCUT2D eigenvalue weighted by Gasteiger charge is -2.19. The van der Waals surface area contributed by atoms with Gasteiger partial charge in [-0.15, -0.1) is 0 Å². The number of ether oxygens (including phenoxy) is 2. The number of nitrogens with one attached hydrogen (secondary N) is 3. The van der Waals surface area contributed by atoms with Gasteiger partial charge in [0.15, 0.2) is 0 Å². The van der Waals surface area contributed by atoms with Gasteiger partial charge in [0, 0.05) is 19.5 Å². The largest absolute Gasteiger partial charge is 0.465 e. The van der Waals surface area contributed by atoms with Crippen molar-refractivity contribution in [1.82, 2.24) is 15.4 Å². The van der Waals surface area contributed by atoms with E-state index in [-0.39, 0.29) is 37.6 Å². The molecule has 1 aromatic carbocycles. The summed E-state index contributed by atoms with van der Waals surface area (Å²) in [5, 5.41) is 5.29. The molecule has 0 spiro atoms. The quantitative estimate of drug-likeness (QED) is 0.301. The van der Waals surface area contributed by atoms with Gasteiger partial charge in [-0.1, -0.05) is 18.2 Å². The fourth-order valence-electron chi connectivity index (χ4n) is 2.35. The smallest absolute Gasteiger partial charge is 0.326 e. The molecule has 0 aliphatic heterocycles. The summed E-state index contributed by atoms with van der Waals surface area (Å²) >= 11 is 0. The van der Waals surface area contributed by atoms with Gasteiger partial charge in [0.25, 0.3) is 0 Å². The van der Waals surface area contributed by atoms with Crippen molar-refractivity contribution in [1.29, 1.82) is 0 Å². The van der Waals surface area contributed by atoms with Crippen LogP contribution in [0.1, 0.15) is 34.1 Å². The van der Waals surface area contributed by atoms with Crippen LogP contribution in [0, 0.1) is 0 Å². The minimum absolute atomic E-state index is 0.0121. The van der Waals surface area contributed by atoms with Gasteiger partial charge in [0.05, 0.1) is 18.0 Å². The van der Waals surface area contributed by atoms with Crippen LogP contribution in [-0.4, -0.2) is 64.1 Å². The standard InChI is InChI=1S/C20H31N3O7S/c1-5-29-19(26)16(23-31(27,28)15-9-7-6-8-10-15)13-22-17(24)11-12-21-14-18(25)30-20(2,3)4/h6-10,16,21,23H,5,11-14H2,1-4H3,(H,22,24)/t16-/m0/s1. The van der Waals surface area contributed by atoms with Crippen LogP contribution >= 0.6 is 0 Å². The highest BCUT2D eigenvalue weighted by Crippen LogP contribution is 2.08. The Hall–Kier alpha value is -2.50. The molecule has 1 aromatic rings. The Morgan fingerprint density at radius 1 is 1.10 bits per heavy atom. The second-order valence-electron chi connectivity index (χ2n) is 7.56. The molecule has 0 aliphatic rings. The van der Waals surface area contributed by atoms with Crippen molar-refractivity contribution in [3.8, 4) is 0 Å². The Morgan fingerprint density at radius 3 is 2.32 bits per heavy atom. The molecule has 0 saturated carbocycles. The number of sulfonamides is 1. The average molecular weight is 458 g/mol. The lowest BCUT2D eigenvalue weighted by molar-refractivity contribution is -0.153. The van der Waals surface area contributed by atoms with Crippen molar-refractivity contribution in [2.45, 2.75) is 50.7 Å².